The normalized spacial score (nSPS) is 15.5. The number of carbonyl (C=O) groups excluding carboxylic acids is 2. The van der Waals surface area contributed by atoms with Crippen LogP contribution in [0.5, 0.6) is 0 Å². The van der Waals surface area contributed by atoms with Gasteiger partial charge in [-0.2, -0.15) is 0 Å². The van der Waals surface area contributed by atoms with Crippen molar-refractivity contribution in [3.63, 3.8) is 0 Å². The Morgan fingerprint density at radius 1 is 1.32 bits per heavy atom. The minimum Gasteiger partial charge on any atom is -0.397 e. The fourth-order valence-electron chi connectivity index (χ4n) is 2.62. The number of hydrogen-bond donors (Lipinski definition) is 2. The van der Waals surface area contributed by atoms with Crippen LogP contribution in [0, 0.1) is 0 Å². The number of hydrogen-bond acceptors (Lipinski definition) is 7. The topological polar surface area (TPSA) is 115 Å². The molecule has 1 aliphatic rings. The summed E-state index contributed by atoms with van der Waals surface area (Å²) in [5, 5.41) is 0.720. The van der Waals surface area contributed by atoms with Crippen LogP contribution in [0.3, 0.4) is 0 Å². The van der Waals surface area contributed by atoms with Crippen LogP contribution in [-0.4, -0.2) is 34.7 Å². The van der Waals surface area contributed by atoms with E-state index in [4.69, 9.17) is 11.5 Å². The Hall–Kier alpha value is -2.22. The van der Waals surface area contributed by atoms with E-state index in [-0.39, 0.29) is 5.78 Å². The molecule has 0 radical (unpaired) electrons. The summed E-state index contributed by atoms with van der Waals surface area (Å²) in [4.78, 5) is 34.9. The van der Waals surface area contributed by atoms with Crippen LogP contribution >= 0.6 is 11.3 Å². The van der Waals surface area contributed by atoms with Gasteiger partial charge in [-0.15, -0.1) is 11.3 Å². The van der Waals surface area contributed by atoms with E-state index in [1.54, 1.807) is 0 Å². The van der Waals surface area contributed by atoms with Gasteiger partial charge in [-0.1, -0.05) is 6.92 Å². The zero-order valence-electron chi connectivity index (χ0n) is 12.3. The van der Waals surface area contributed by atoms with Crippen LogP contribution in [0.1, 0.15) is 35.1 Å². The van der Waals surface area contributed by atoms with E-state index in [0.717, 1.165) is 11.1 Å². The number of nitrogens with zero attached hydrogens (tertiary/aromatic N) is 3. The summed E-state index contributed by atoms with van der Waals surface area (Å²) in [6.45, 7) is 3.22. The van der Waals surface area contributed by atoms with Crippen LogP contribution in [0.25, 0.3) is 10.2 Å². The molecule has 1 saturated heterocycles. The van der Waals surface area contributed by atoms with Crippen LogP contribution in [0.15, 0.2) is 0 Å². The number of Topliss-reactive ketones (excluding diaryl/α,β-unsaturated/α-hetero) is 1. The van der Waals surface area contributed by atoms with Gasteiger partial charge in [0.2, 0.25) is 5.95 Å². The zero-order valence-corrected chi connectivity index (χ0v) is 13.1. The Balaban J connectivity index is 2.10. The smallest absolute Gasteiger partial charge is 0.260 e. The molecule has 8 heteroatoms. The Morgan fingerprint density at radius 3 is 2.59 bits per heavy atom. The van der Waals surface area contributed by atoms with E-state index in [0.29, 0.717) is 53.7 Å². The largest absolute Gasteiger partial charge is 0.397 e. The molecule has 0 spiro atoms. The molecule has 7 nitrogen and oxygen atoms in total. The molecule has 0 atom stereocenters. The van der Waals surface area contributed by atoms with Crippen molar-refractivity contribution in [2.45, 2.75) is 26.2 Å². The molecule has 1 aliphatic heterocycles. The SMILES string of the molecule is CCc1nc(N2CCC(=O)CC2)nc2sc(C(N)=O)c(N)c12. The molecule has 0 unspecified atom stereocenters. The Morgan fingerprint density at radius 2 is 2.00 bits per heavy atom. The van der Waals surface area contributed by atoms with Crippen molar-refractivity contribution in [3.05, 3.63) is 10.6 Å². The number of primary amides is 1. The monoisotopic (exact) mass is 319 g/mol. The number of fused-ring (bicyclic) bond motifs is 1. The molecule has 22 heavy (non-hydrogen) atoms. The third-order valence-electron chi connectivity index (χ3n) is 3.81. The molecule has 0 saturated carbocycles. The summed E-state index contributed by atoms with van der Waals surface area (Å²) in [5.74, 6) is 0.311. The standard InChI is InChI=1S/C14H17N5O2S/c1-2-8-9-10(15)11(12(16)21)22-13(9)18-14(17-8)19-5-3-7(20)4-6-19/h2-6,15H2,1H3,(H2,16,21). The van der Waals surface area contributed by atoms with Crippen LogP contribution in [0.4, 0.5) is 11.6 Å². The fourth-order valence-corrected chi connectivity index (χ4v) is 3.58. The quantitative estimate of drug-likeness (QED) is 0.875. The second-order valence-corrected chi connectivity index (χ2v) is 6.24. The summed E-state index contributed by atoms with van der Waals surface area (Å²) in [6.07, 6.45) is 1.71. The maximum atomic E-state index is 11.5. The number of carbonyl (C=O) groups is 2. The van der Waals surface area contributed by atoms with Gasteiger partial charge < -0.3 is 16.4 Å². The number of nitrogen functional groups attached to an aromatic ring is 1. The molecule has 116 valence electrons. The van der Waals surface area contributed by atoms with Crippen molar-refractivity contribution >= 4 is 44.9 Å². The van der Waals surface area contributed by atoms with E-state index in [2.05, 4.69) is 9.97 Å². The van der Waals surface area contributed by atoms with Gasteiger partial charge in [0, 0.05) is 25.9 Å². The zero-order chi connectivity index (χ0) is 15.9. The number of nitrogens with two attached hydrogens (primary N) is 2. The highest BCUT2D eigenvalue weighted by Crippen LogP contribution is 2.35. The molecule has 3 rings (SSSR count). The number of amides is 1. The molecule has 1 fully saturated rings. The predicted octanol–water partition coefficient (Wildman–Crippen LogP) is 1.10. The average molecular weight is 319 g/mol. The van der Waals surface area contributed by atoms with Crippen molar-refractivity contribution in [1.82, 2.24) is 9.97 Å². The summed E-state index contributed by atoms with van der Waals surface area (Å²) in [7, 11) is 0. The summed E-state index contributed by atoms with van der Waals surface area (Å²) in [5.41, 5.74) is 12.6. The Labute approximate surface area is 131 Å². The first kappa shape index (κ1) is 14.7. The summed E-state index contributed by atoms with van der Waals surface area (Å²) >= 11 is 1.20. The number of thiophene rings is 1. The molecule has 2 aromatic heterocycles. The van der Waals surface area contributed by atoms with Gasteiger partial charge in [0.15, 0.2) is 0 Å². The first-order valence-corrected chi connectivity index (χ1v) is 7.98. The van der Waals surface area contributed by atoms with Gasteiger partial charge in [0.25, 0.3) is 5.91 Å². The van der Waals surface area contributed by atoms with Crippen LogP contribution < -0.4 is 16.4 Å². The van der Waals surface area contributed by atoms with Crippen LogP contribution in [-0.2, 0) is 11.2 Å². The lowest BCUT2D eigenvalue weighted by Gasteiger charge is -2.26. The average Bonchev–Trinajstić information content (AvgIpc) is 2.84. The summed E-state index contributed by atoms with van der Waals surface area (Å²) < 4.78 is 0. The van der Waals surface area contributed by atoms with Gasteiger partial charge in [0.1, 0.15) is 15.5 Å². The van der Waals surface area contributed by atoms with Crippen molar-refractivity contribution < 1.29 is 9.59 Å². The van der Waals surface area contributed by atoms with Crippen molar-refractivity contribution in [1.29, 1.82) is 0 Å². The maximum absolute atomic E-state index is 11.5. The van der Waals surface area contributed by atoms with E-state index >= 15 is 0 Å². The third-order valence-corrected chi connectivity index (χ3v) is 4.93. The fraction of sp³-hybridized carbons (Fsp3) is 0.429. The molecular formula is C14H17N5O2S. The van der Waals surface area contributed by atoms with Gasteiger partial charge in [-0.05, 0) is 6.42 Å². The number of aryl methyl sites for hydroxylation is 1. The Kier molecular flexibility index (Phi) is 3.69. The predicted molar refractivity (Wildman–Crippen MR) is 86.2 cm³/mol. The number of rotatable bonds is 3. The molecule has 2 aromatic rings. The molecule has 0 aliphatic carbocycles. The van der Waals surface area contributed by atoms with Crippen molar-refractivity contribution in [2.24, 2.45) is 5.73 Å². The molecule has 0 bridgehead atoms. The highest BCUT2D eigenvalue weighted by atomic mass is 32.1. The minimum absolute atomic E-state index is 0.268. The van der Waals surface area contributed by atoms with Gasteiger partial charge in [0.05, 0.1) is 16.8 Å². The maximum Gasteiger partial charge on any atom is 0.260 e. The molecule has 4 N–H and O–H groups in total. The Bertz CT molecular complexity index is 760. The molecule has 3 heterocycles. The second kappa shape index (κ2) is 5.53. The first-order valence-electron chi connectivity index (χ1n) is 7.16. The van der Waals surface area contributed by atoms with Gasteiger partial charge in [-0.3, -0.25) is 9.59 Å². The molecule has 1 amide bonds. The number of ketones is 1. The second-order valence-electron chi connectivity index (χ2n) is 5.24. The van der Waals surface area contributed by atoms with E-state index < -0.39 is 5.91 Å². The number of piperidine rings is 1. The van der Waals surface area contributed by atoms with E-state index in [1.165, 1.54) is 11.3 Å². The highest BCUT2D eigenvalue weighted by Gasteiger charge is 2.23. The van der Waals surface area contributed by atoms with Gasteiger partial charge in [-0.25, -0.2) is 9.97 Å². The van der Waals surface area contributed by atoms with Gasteiger partial charge >= 0.3 is 0 Å². The first-order chi connectivity index (χ1) is 10.5. The summed E-state index contributed by atoms with van der Waals surface area (Å²) in [6, 6.07) is 0. The lowest BCUT2D eigenvalue weighted by atomic mass is 10.1. The van der Waals surface area contributed by atoms with Crippen molar-refractivity contribution in [3.8, 4) is 0 Å². The van der Waals surface area contributed by atoms with E-state index in [9.17, 15) is 9.59 Å². The van der Waals surface area contributed by atoms with E-state index in [1.807, 2.05) is 11.8 Å². The number of aromatic nitrogens is 2. The minimum atomic E-state index is -0.548. The lowest BCUT2D eigenvalue weighted by molar-refractivity contribution is -0.119. The third kappa shape index (κ3) is 2.39. The molecule has 0 aromatic carbocycles. The van der Waals surface area contributed by atoms with Crippen LogP contribution in [0.2, 0.25) is 0 Å². The lowest BCUT2D eigenvalue weighted by Crippen LogP contribution is -2.35. The molecular weight excluding hydrogens is 302 g/mol. The highest BCUT2D eigenvalue weighted by molar-refractivity contribution is 7.21. The number of anilines is 2. The van der Waals surface area contributed by atoms with Crippen molar-refractivity contribution in [2.75, 3.05) is 23.7 Å².